The van der Waals surface area contributed by atoms with Crippen molar-refractivity contribution in [2.45, 2.75) is 57.2 Å². The lowest BCUT2D eigenvalue weighted by atomic mass is 9.85. The van der Waals surface area contributed by atoms with Crippen molar-refractivity contribution in [1.82, 2.24) is 15.5 Å². The van der Waals surface area contributed by atoms with Crippen LogP contribution in [-0.4, -0.2) is 34.8 Å². The third kappa shape index (κ3) is 4.88. The summed E-state index contributed by atoms with van der Waals surface area (Å²) >= 11 is 0. The van der Waals surface area contributed by atoms with E-state index in [0.717, 1.165) is 35.3 Å². The van der Waals surface area contributed by atoms with Crippen LogP contribution in [0, 0.1) is 5.41 Å². The summed E-state index contributed by atoms with van der Waals surface area (Å²) in [4.78, 5) is 28.5. The first kappa shape index (κ1) is 25.5. The highest BCUT2D eigenvalue weighted by Crippen LogP contribution is 2.35. The maximum absolute atomic E-state index is 13.6. The first-order valence-electron chi connectivity index (χ1n) is 13.3. The monoisotopic (exact) mass is 510 g/mol. The summed E-state index contributed by atoms with van der Waals surface area (Å²) in [6.45, 7) is 4.63. The Morgan fingerprint density at radius 2 is 1.76 bits per heavy atom. The van der Waals surface area contributed by atoms with Crippen molar-refractivity contribution in [3.63, 3.8) is 0 Å². The standard InChI is InChI=1S/C31H34N4O3/c1-3-31(4-2)20-27(36)35(30(32)34-31)28(21-11-6-5-7-12-21)22-13-10-14-23(19-22)29(37)33-25-17-18-38-26-16-9-8-15-24(25)26/h5-16,19,25,28H,3-4,17-18,20H2,1-2H3,(H2,32,34)(H,33,37)/t25-,28?/m0/s1. The largest absolute Gasteiger partial charge is 0.493 e. The van der Waals surface area contributed by atoms with Crippen molar-refractivity contribution in [1.29, 1.82) is 5.41 Å². The number of hydrogen-bond acceptors (Lipinski definition) is 4. The third-order valence-electron chi connectivity index (χ3n) is 7.84. The smallest absolute Gasteiger partial charge is 0.251 e. The lowest BCUT2D eigenvalue weighted by Gasteiger charge is -2.45. The molecule has 2 atom stereocenters. The molecule has 0 spiro atoms. The fourth-order valence-corrected chi connectivity index (χ4v) is 5.51. The number of carbonyl (C=O) groups excluding carboxylic acids is 2. The fraction of sp³-hybridized carbons (Fsp3) is 0.323. The van der Waals surface area contributed by atoms with Gasteiger partial charge in [-0.2, -0.15) is 0 Å². The SMILES string of the molecule is CCC1(CC)CC(=O)N(C(c2ccccc2)c2cccc(C(=O)N[C@H]3CCOc4ccccc43)c2)C(=N)N1. The van der Waals surface area contributed by atoms with Crippen LogP contribution >= 0.6 is 0 Å². The van der Waals surface area contributed by atoms with E-state index in [9.17, 15) is 9.59 Å². The Hall–Kier alpha value is -4.13. The van der Waals surface area contributed by atoms with Gasteiger partial charge in [0, 0.05) is 23.1 Å². The van der Waals surface area contributed by atoms with Gasteiger partial charge < -0.3 is 15.4 Å². The summed E-state index contributed by atoms with van der Waals surface area (Å²) in [7, 11) is 0. The molecule has 0 aliphatic carbocycles. The number of para-hydroxylation sites is 1. The molecule has 1 saturated heterocycles. The Balaban J connectivity index is 1.46. The molecule has 0 aromatic heterocycles. The van der Waals surface area contributed by atoms with E-state index in [4.69, 9.17) is 10.1 Å². The van der Waals surface area contributed by atoms with Crippen LogP contribution < -0.4 is 15.4 Å². The van der Waals surface area contributed by atoms with Gasteiger partial charge in [0.2, 0.25) is 5.91 Å². The normalized spacial score (nSPS) is 19.1. The molecule has 7 nitrogen and oxygen atoms in total. The van der Waals surface area contributed by atoms with Crippen molar-refractivity contribution < 1.29 is 14.3 Å². The van der Waals surface area contributed by atoms with E-state index in [0.29, 0.717) is 25.0 Å². The zero-order valence-electron chi connectivity index (χ0n) is 21.9. The molecule has 0 bridgehead atoms. The number of rotatable bonds is 7. The number of fused-ring (bicyclic) bond motifs is 1. The highest BCUT2D eigenvalue weighted by Gasteiger charge is 2.42. The molecule has 7 heteroatoms. The number of nitrogens with zero attached hydrogens (tertiary/aromatic N) is 1. The van der Waals surface area contributed by atoms with Crippen LogP contribution in [0.25, 0.3) is 0 Å². The second-order valence-corrected chi connectivity index (χ2v) is 10.0. The molecule has 38 heavy (non-hydrogen) atoms. The zero-order valence-corrected chi connectivity index (χ0v) is 21.9. The van der Waals surface area contributed by atoms with Gasteiger partial charge >= 0.3 is 0 Å². The van der Waals surface area contributed by atoms with Crippen LogP contribution in [0.1, 0.15) is 78.7 Å². The average molecular weight is 511 g/mol. The van der Waals surface area contributed by atoms with Crippen molar-refractivity contribution in [2.75, 3.05) is 6.61 Å². The van der Waals surface area contributed by atoms with Gasteiger partial charge in [-0.25, -0.2) is 0 Å². The van der Waals surface area contributed by atoms with E-state index in [-0.39, 0.29) is 23.8 Å². The summed E-state index contributed by atoms with van der Waals surface area (Å²) in [5.74, 6) is 0.605. The number of ether oxygens (including phenoxy) is 1. The van der Waals surface area contributed by atoms with Crippen LogP contribution in [0.15, 0.2) is 78.9 Å². The molecule has 1 unspecified atom stereocenters. The average Bonchev–Trinajstić information content (AvgIpc) is 2.95. The van der Waals surface area contributed by atoms with Gasteiger partial charge in [0.05, 0.1) is 25.1 Å². The van der Waals surface area contributed by atoms with Crippen molar-refractivity contribution in [2.24, 2.45) is 0 Å². The number of benzene rings is 3. The van der Waals surface area contributed by atoms with Gasteiger partial charge in [0.15, 0.2) is 5.96 Å². The van der Waals surface area contributed by atoms with Crippen LogP contribution in [-0.2, 0) is 4.79 Å². The predicted octanol–water partition coefficient (Wildman–Crippen LogP) is 5.35. The van der Waals surface area contributed by atoms with Gasteiger partial charge in [-0.3, -0.25) is 19.9 Å². The maximum Gasteiger partial charge on any atom is 0.251 e. The molecule has 3 aromatic rings. The fourth-order valence-electron chi connectivity index (χ4n) is 5.51. The second kappa shape index (κ2) is 10.7. The van der Waals surface area contributed by atoms with E-state index in [1.54, 1.807) is 6.07 Å². The molecule has 196 valence electrons. The lowest BCUT2D eigenvalue weighted by Crippen LogP contribution is -2.62. The van der Waals surface area contributed by atoms with Crippen LogP contribution in [0.2, 0.25) is 0 Å². The summed E-state index contributed by atoms with van der Waals surface area (Å²) in [5.41, 5.74) is 2.72. The van der Waals surface area contributed by atoms with Crippen molar-refractivity contribution in [3.05, 3.63) is 101 Å². The molecule has 2 amide bonds. The Labute approximate surface area is 223 Å². The van der Waals surface area contributed by atoms with Gasteiger partial charge in [0.25, 0.3) is 5.91 Å². The van der Waals surface area contributed by atoms with E-state index >= 15 is 0 Å². The molecular weight excluding hydrogens is 476 g/mol. The quantitative estimate of drug-likeness (QED) is 0.400. The topological polar surface area (TPSA) is 94.5 Å². The summed E-state index contributed by atoms with van der Waals surface area (Å²) in [6.07, 6.45) is 2.52. The summed E-state index contributed by atoms with van der Waals surface area (Å²) < 4.78 is 5.74. The number of hydrogen-bond donors (Lipinski definition) is 3. The lowest BCUT2D eigenvalue weighted by molar-refractivity contribution is -0.132. The van der Waals surface area contributed by atoms with E-state index in [2.05, 4.69) is 10.6 Å². The number of nitrogens with one attached hydrogen (secondary N) is 3. The van der Waals surface area contributed by atoms with E-state index in [1.165, 1.54) is 4.90 Å². The molecule has 5 rings (SSSR count). The number of carbonyl (C=O) groups is 2. The van der Waals surface area contributed by atoms with Crippen LogP contribution in [0.5, 0.6) is 5.75 Å². The molecule has 0 saturated carbocycles. The molecule has 2 aliphatic heterocycles. The maximum atomic E-state index is 13.6. The van der Waals surface area contributed by atoms with E-state index < -0.39 is 11.6 Å². The molecule has 0 radical (unpaired) electrons. The molecule has 2 aliphatic rings. The number of guanidine groups is 1. The first-order valence-corrected chi connectivity index (χ1v) is 13.3. The van der Waals surface area contributed by atoms with Gasteiger partial charge in [0.1, 0.15) is 5.75 Å². The van der Waals surface area contributed by atoms with Crippen molar-refractivity contribution in [3.8, 4) is 5.75 Å². The van der Waals surface area contributed by atoms with E-state index in [1.807, 2.05) is 86.6 Å². The predicted molar refractivity (Wildman–Crippen MR) is 147 cm³/mol. The van der Waals surface area contributed by atoms with Crippen LogP contribution in [0.3, 0.4) is 0 Å². The summed E-state index contributed by atoms with van der Waals surface area (Å²) in [6, 6.07) is 24.2. The molecule has 3 N–H and O–H groups in total. The molecule has 3 aromatic carbocycles. The third-order valence-corrected chi connectivity index (χ3v) is 7.84. The minimum absolute atomic E-state index is 0.0903. The van der Waals surface area contributed by atoms with Crippen LogP contribution in [0.4, 0.5) is 0 Å². The van der Waals surface area contributed by atoms with Gasteiger partial charge in [-0.15, -0.1) is 0 Å². The Bertz CT molecular complexity index is 1320. The molecule has 1 fully saturated rings. The molecule has 2 heterocycles. The van der Waals surface area contributed by atoms with Gasteiger partial charge in [-0.1, -0.05) is 74.5 Å². The van der Waals surface area contributed by atoms with Gasteiger partial charge in [-0.05, 0) is 42.2 Å². The second-order valence-electron chi connectivity index (χ2n) is 10.0. The summed E-state index contributed by atoms with van der Waals surface area (Å²) in [5, 5.41) is 15.3. The minimum Gasteiger partial charge on any atom is -0.493 e. The molecular formula is C31H34N4O3. The highest BCUT2D eigenvalue weighted by atomic mass is 16.5. The minimum atomic E-state index is -0.535. The first-order chi connectivity index (χ1) is 18.4. The number of amides is 2. The highest BCUT2D eigenvalue weighted by molar-refractivity contribution is 6.00. The Kier molecular flexibility index (Phi) is 7.18. The Morgan fingerprint density at radius 3 is 2.50 bits per heavy atom. The van der Waals surface area contributed by atoms with Crippen molar-refractivity contribution >= 4 is 17.8 Å². The Morgan fingerprint density at radius 1 is 1.05 bits per heavy atom. The zero-order chi connectivity index (χ0) is 26.7.